The number of aliphatic carboxylic acids is 1. The first-order valence-corrected chi connectivity index (χ1v) is 4.36. The van der Waals surface area contributed by atoms with Gasteiger partial charge in [-0.15, -0.1) is 0 Å². The smallest absolute Gasteiger partial charge is 0.335 e. The SMILES string of the molecule is C=C(C(=O)O)c1c(OC)ccc(F)c1OC. The Kier molecular flexibility index (Phi) is 3.50. The number of methoxy groups -OCH3 is 2. The Hall–Kier alpha value is -2.04. The van der Waals surface area contributed by atoms with Crippen molar-refractivity contribution in [1.29, 1.82) is 0 Å². The maximum Gasteiger partial charge on any atom is 0.335 e. The minimum atomic E-state index is -1.26. The normalized spacial score (nSPS) is 9.69. The van der Waals surface area contributed by atoms with Gasteiger partial charge >= 0.3 is 5.97 Å². The number of carboxylic acids is 1. The number of benzene rings is 1. The van der Waals surface area contributed by atoms with Crippen LogP contribution in [0.3, 0.4) is 0 Å². The molecule has 0 amide bonds. The molecule has 0 spiro atoms. The van der Waals surface area contributed by atoms with Crippen molar-refractivity contribution in [3.63, 3.8) is 0 Å². The standard InChI is InChI=1S/C11H11FO4/c1-6(11(13)14)9-8(15-2)5-4-7(12)10(9)16-3/h4-5H,1H2,2-3H3,(H,13,14). The lowest BCUT2D eigenvalue weighted by Gasteiger charge is -2.13. The van der Waals surface area contributed by atoms with Gasteiger partial charge in [-0.1, -0.05) is 6.58 Å². The van der Waals surface area contributed by atoms with Crippen molar-refractivity contribution in [3.8, 4) is 11.5 Å². The molecular weight excluding hydrogens is 215 g/mol. The topological polar surface area (TPSA) is 55.8 Å². The Morgan fingerprint density at radius 1 is 1.38 bits per heavy atom. The van der Waals surface area contributed by atoms with Crippen LogP contribution in [-0.4, -0.2) is 25.3 Å². The summed E-state index contributed by atoms with van der Waals surface area (Å²) in [7, 11) is 2.60. The highest BCUT2D eigenvalue weighted by atomic mass is 19.1. The van der Waals surface area contributed by atoms with Gasteiger partial charge in [0, 0.05) is 0 Å². The molecule has 4 nitrogen and oxygen atoms in total. The molecule has 0 atom stereocenters. The summed E-state index contributed by atoms with van der Waals surface area (Å²) in [4.78, 5) is 10.8. The second-order valence-electron chi connectivity index (χ2n) is 2.94. The maximum atomic E-state index is 13.4. The highest BCUT2D eigenvalue weighted by Gasteiger charge is 2.21. The van der Waals surface area contributed by atoms with Crippen LogP contribution < -0.4 is 9.47 Å². The van der Waals surface area contributed by atoms with Crippen LogP contribution in [0.2, 0.25) is 0 Å². The van der Waals surface area contributed by atoms with Gasteiger partial charge in [0.25, 0.3) is 0 Å². The van der Waals surface area contributed by atoms with Gasteiger partial charge in [-0.05, 0) is 12.1 Å². The highest BCUT2D eigenvalue weighted by molar-refractivity contribution is 6.16. The van der Waals surface area contributed by atoms with E-state index in [2.05, 4.69) is 6.58 Å². The quantitative estimate of drug-likeness (QED) is 0.797. The van der Waals surface area contributed by atoms with Crippen molar-refractivity contribution in [2.24, 2.45) is 0 Å². The Morgan fingerprint density at radius 3 is 2.44 bits per heavy atom. The van der Waals surface area contributed by atoms with Crippen LogP contribution >= 0.6 is 0 Å². The zero-order valence-electron chi connectivity index (χ0n) is 8.91. The fourth-order valence-electron chi connectivity index (χ4n) is 1.30. The molecule has 1 aromatic rings. The van der Waals surface area contributed by atoms with E-state index >= 15 is 0 Å². The van der Waals surface area contributed by atoms with Crippen molar-refractivity contribution in [2.45, 2.75) is 0 Å². The van der Waals surface area contributed by atoms with Gasteiger partial charge in [0.05, 0.1) is 25.4 Å². The van der Waals surface area contributed by atoms with Crippen molar-refractivity contribution < 1.29 is 23.8 Å². The molecule has 16 heavy (non-hydrogen) atoms. The summed E-state index contributed by atoms with van der Waals surface area (Å²) >= 11 is 0. The van der Waals surface area contributed by atoms with E-state index in [1.165, 1.54) is 20.3 Å². The van der Waals surface area contributed by atoms with Crippen molar-refractivity contribution in [1.82, 2.24) is 0 Å². The molecule has 0 aliphatic heterocycles. The Morgan fingerprint density at radius 2 is 2.00 bits per heavy atom. The number of carbonyl (C=O) groups is 1. The van der Waals surface area contributed by atoms with Crippen molar-refractivity contribution >= 4 is 11.5 Å². The minimum Gasteiger partial charge on any atom is -0.496 e. The van der Waals surface area contributed by atoms with Gasteiger partial charge in [0.1, 0.15) is 5.75 Å². The lowest BCUT2D eigenvalue weighted by atomic mass is 10.0. The van der Waals surface area contributed by atoms with E-state index < -0.39 is 11.8 Å². The van der Waals surface area contributed by atoms with Crippen LogP contribution in [0.1, 0.15) is 5.56 Å². The summed E-state index contributed by atoms with van der Waals surface area (Å²) in [6.45, 7) is 3.36. The molecule has 0 saturated heterocycles. The molecule has 0 saturated carbocycles. The van der Waals surface area contributed by atoms with E-state index in [9.17, 15) is 9.18 Å². The first-order valence-electron chi connectivity index (χ1n) is 4.36. The fourth-order valence-corrected chi connectivity index (χ4v) is 1.30. The second-order valence-corrected chi connectivity index (χ2v) is 2.94. The van der Waals surface area contributed by atoms with Gasteiger partial charge in [-0.3, -0.25) is 0 Å². The van der Waals surface area contributed by atoms with Crippen LogP contribution in [0, 0.1) is 5.82 Å². The number of hydrogen-bond acceptors (Lipinski definition) is 3. The summed E-state index contributed by atoms with van der Waals surface area (Å²) < 4.78 is 23.1. The van der Waals surface area contributed by atoms with Gasteiger partial charge < -0.3 is 14.6 Å². The van der Waals surface area contributed by atoms with Crippen LogP contribution in [0.4, 0.5) is 4.39 Å². The summed E-state index contributed by atoms with van der Waals surface area (Å²) in [6.07, 6.45) is 0. The molecule has 0 aliphatic rings. The number of hydrogen-bond donors (Lipinski definition) is 1. The maximum absolute atomic E-state index is 13.4. The average molecular weight is 226 g/mol. The third kappa shape index (κ3) is 1.98. The van der Waals surface area contributed by atoms with E-state index in [0.717, 1.165) is 6.07 Å². The van der Waals surface area contributed by atoms with E-state index in [-0.39, 0.29) is 22.6 Å². The first-order chi connectivity index (χ1) is 7.52. The zero-order valence-corrected chi connectivity index (χ0v) is 8.91. The van der Waals surface area contributed by atoms with Crippen LogP contribution in [-0.2, 0) is 4.79 Å². The predicted molar refractivity (Wildman–Crippen MR) is 56.2 cm³/mol. The number of carboxylic acid groups (broad SMARTS) is 1. The van der Waals surface area contributed by atoms with Gasteiger partial charge in [0.2, 0.25) is 0 Å². The minimum absolute atomic E-state index is 0.0116. The lowest BCUT2D eigenvalue weighted by Crippen LogP contribution is -2.04. The fraction of sp³-hybridized carbons (Fsp3) is 0.182. The van der Waals surface area contributed by atoms with E-state index in [1.807, 2.05) is 0 Å². The van der Waals surface area contributed by atoms with E-state index in [0.29, 0.717) is 0 Å². The summed E-state index contributed by atoms with van der Waals surface area (Å²) in [5.41, 5.74) is -0.272. The molecule has 0 fully saturated rings. The van der Waals surface area contributed by atoms with Crippen molar-refractivity contribution in [2.75, 3.05) is 14.2 Å². The monoisotopic (exact) mass is 226 g/mol. The van der Waals surface area contributed by atoms with Gasteiger partial charge in [-0.2, -0.15) is 0 Å². The summed E-state index contributed by atoms with van der Waals surface area (Å²) in [6, 6.07) is 2.46. The molecule has 86 valence electrons. The molecule has 1 N–H and O–H groups in total. The molecule has 1 rings (SSSR count). The first kappa shape index (κ1) is 12.0. The molecule has 0 radical (unpaired) electrons. The molecule has 5 heteroatoms. The molecule has 0 aliphatic carbocycles. The molecule has 0 unspecified atom stereocenters. The zero-order chi connectivity index (χ0) is 12.3. The van der Waals surface area contributed by atoms with Crippen molar-refractivity contribution in [3.05, 3.63) is 30.1 Å². The third-order valence-corrected chi connectivity index (χ3v) is 2.06. The van der Waals surface area contributed by atoms with Gasteiger partial charge in [-0.25, -0.2) is 9.18 Å². The van der Waals surface area contributed by atoms with Crippen LogP contribution in [0.15, 0.2) is 18.7 Å². The van der Waals surface area contributed by atoms with Crippen LogP contribution in [0.5, 0.6) is 11.5 Å². The molecule has 0 aromatic heterocycles. The number of ether oxygens (including phenoxy) is 2. The molecule has 0 bridgehead atoms. The largest absolute Gasteiger partial charge is 0.496 e. The lowest BCUT2D eigenvalue weighted by molar-refractivity contribution is -0.130. The summed E-state index contributed by atoms with van der Waals surface area (Å²) in [5.74, 6) is -1.92. The van der Waals surface area contributed by atoms with E-state index in [4.69, 9.17) is 14.6 Å². The van der Waals surface area contributed by atoms with E-state index in [1.54, 1.807) is 0 Å². The second kappa shape index (κ2) is 4.65. The Labute approximate surface area is 91.9 Å². The van der Waals surface area contributed by atoms with Gasteiger partial charge in [0.15, 0.2) is 11.6 Å². The van der Waals surface area contributed by atoms with Crippen LogP contribution in [0.25, 0.3) is 5.57 Å². The molecule has 0 heterocycles. The third-order valence-electron chi connectivity index (χ3n) is 2.06. The number of halogens is 1. The summed E-state index contributed by atoms with van der Waals surface area (Å²) in [5, 5.41) is 8.83. The average Bonchev–Trinajstić information content (AvgIpc) is 2.27. The highest BCUT2D eigenvalue weighted by Crippen LogP contribution is 2.36. The Bertz CT molecular complexity index is 440. The molecule has 1 aromatic carbocycles. The Balaban J connectivity index is 3.48. The predicted octanol–water partition coefficient (Wildman–Crippen LogP) is 1.94. The number of rotatable bonds is 4. The molecular formula is C11H11FO4.